The highest BCUT2D eigenvalue weighted by Crippen LogP contribution is 2.35. The minimum atomic E-state index is -4.52. The van der Waals surface area contributed by atoms with Crippen LogP contribution in [0.3, 0.4) is 0 Å². The van der Waals surface area contributed by atoms with Gasteiger partial charge in [0, 0.05) is 12.4 Å². The van der Waals surface area contributed by atoms with Gasteiger partial charge in [0.1, 0.15) is 5.82 Å². The van der Waals surface area contributed by atoms with Crippen LogP contribution in [0.25, 0.3) is 16.3 Å². The standard InChI is InChI=1S/C24H19F4NO2/c1-29-23-21(16-8-3-9-17(13-16)24(26,27)28)22(30)19(31-23)12-11-15-6-2-5-14-7-4-10-18(25)20(14)15/h2-10,13,19,29H,11-12H2,1H3. The molecule has 0 saturated carbocycles. The predicted molar refractivity (Wildman–Crippen MR) is 110 cm³/mol. The Kier molecular flexibility index (Phi) is 5.43. The maximum absolute atomic E-state index is 14.3. The summed E-state index contributed by atoms with van der Waals surface area (Å²) in [5, 5.41) is 4.02. The summed E-state index contributed by atoms with van der Waals surface area (Å²) in [5.74, 6) is -0.603. The number of carbonyl (C=O) groups is 1. The first-order valence-electron chi connectivity index (χ1n) is 9.76. The maximum Gasteiger partial charge on any atom is 0.416 e. The molecule has 3 aromatic carbocycles. The Morgan fingerprint density at radius 2 is 1.74 bits per heavy atom. The highest BCUT2D eigenvalue weighted by Gasteiger charge is 2.37. The fraction of sp³-hybridized carbons (Fsp3) is 0.208. The number of ether oxygens (including phenoxy) is 1. The zero-order valence-electron chi connectivity index (χ0n) is 16.6. The van der Waals surface area contributed by atoms with Crippen molar-refractivity contribution in [2.24, 2.45) is 0 Å². The van der Waals surface area contributed by atoms with E-state index in [1.807, 2.05) is 18.2 Å². The van der Waals surface area contributed by atoms with Crippen molar-refractivity contribution < 1.29 is 27.1 Å². The number of hydrogen-bond acceptors (Lipinski definition) is 3. The SMILES string of the molecule is CNC1=C(c2cccc(C(F)(F)F)c2)C(=O)C(CCc2cccc3cccc(F)c23)O1. The van der Waals surface area contributed by atoms with E-state index in [4.69, 9.17) is 4.74 Å². The number of Topliss-reactive ketones (excluding diaryl/α,β-unsaturated/α-hetero) is 1. The molecule has 1 atom stereocenters. The lowest BCUT2D eigenvalue weighted by molar-refractivity contribution is -0.137. The molecule has 160 valence electrons. The number of hydrogen-bond donors (Lipinski definition) is 1. The van der Waals surface area contributed by atoms with Gasteiger partial charge in [0.15, 0.2) is 12.0 Å². The van der Waals surface area contributed by atoms with E-state index in [1.165, 1.54) is 18.2 Å². The summed E-state index contributed by atoms with van der Waals surface area (Å²) in [6.45, 7) is 0. The average Bonchev–Trinajstić information content (AvgIpc) is 3.07. The van der Waals surface area contributed by atoms with Gasteiger partial charge in [-0.25, -0.2) is 4.39 Å². The topological polar surface area (TPSA) is 38.3 Å². The van der Waals surface area contributed by atoms with E-state index in [-0.39, 0.29) is 29.3 Å². The minimum Gasteiger partial charge on any atom is -0.467 e. The molecular weight excluding hydrogens is 410 g/mol. The molecule has 0 fully saturated rings. The van der Waals surface area contributed by atoms with Crippen LogP contribution in [0.2, 0.25) is 0 Å². The third-order valence-electron chi connectivity index (χ3n) is 5.35. The smallest absolute Gasteiger partial charge is 0.416 e. The quantitative estimate of drug-likeness (QED) is 0.546. The molecule has 0 saturated heterocycles. The van der Waals surface area contributed by atoms with Gasteiger partial charge in [0.25, 0.3) is 0 Å². The second-order valence-corrected chi connectivity index (χ2v) is 7.30. The number of fused-ring (bicyclic) bond motifs is 1. The van der Waals surface area contributed by atoms with Gasteiger partial charge in [-0.2, -0.15) is 13.2 Å². The van der Waals surface area contributed by atoms with Crippen molar-refractivity contribution in [3.63, 3.8) is 0 Å². The molecule has 4 rings (SSSR count). The highest BCUT2D eigenvalue weighted by molar-refractivity contribution is 6.25. The molecule has 1 unspecified atom stereocenters. The predicted octanol–water partition coefficient (Wildman–Crippen LogP) is 5.49. The van der Waals surface area contributed by atoms with Gasteiger partial charge in [0.2, 0.25) is 5.78 Å². The highest BCUT2D eigenvalue weighted by atomic mass is 19.4. The molecule has 1 aliphatic heterocycles. The van der Waals surface area contributed by atoms with Crippen molar-refractivity contribution in [1.29, 1.82) is 0 Å². The molecule has 31 heavy (non-hydrogen) atoms. The van der Waals surface area contributed by atoms with Crippen LogP contribution < -0.4 is 5.32 Å². The number of benzene rings is 3. The van der Waals surface area contributed by atoms with Crippen LogP contribution in [0, 0.1) is 5.82 Å². The van der Waals surface area contributed by atoms with E-state index in [0.717, 1.165) is 23.1 Å². The van der Waals surface area contributed by atoms with Crippen LogP contribution in [0.4, 0.5) is 17.6 Å². The van der Waals surface area contributed by atoms with Gasteiger partial charge in [-0.15, -0.1) is 0 Å². The summed E-state index contributed by atoms with van der Waals surface area (Å²) in [7, 11) is 1.54. The fourth-order valence-electron chi connectivity index (χ4n) is 3.89. The summed E-state index contributed by atoms with van der Waals surface area (Å²) in [5.41, 5.74) is 0.131. The third kappa shape index (κ3) is 4.00. The number of nitrogens with one attached hydrogen (secondary N) is 1. The molecule has 0 spiro atoms. The molecule has 0 radical (unpaired) electrons. The maximum atomic E-state index is 14.3. The van der Waals surface area contributed by atoms with E-state index in [1.54, 1.807) is 19.2 Å². The summed E-state index contributed by atoms with van der Waals surface area (Å²) in [6.07, 6.45) is -4.74. The molecule has 0 amide bonds. The Morgan fingerprint density at radius 3 is 2.45 bits per heavy atom. The van der Waals surface area contributed by atoms with Gasteiger partial charge in [-0.3, -0.25) is 4.79 Å². The van der Waals surface area contributed by atoms with Gasteiger partial charge in [0.05, 0.1) is 11.1 Å². The summed E-state index contributed by atoms with van der Waals surface area (Å²) < 4.78 is 59.4. The van der Waals surface area contributed by atoms with Crippen molar-refractivity contribution in [3.05, 3.63) is 89.1 Å². The van der Waals surface area contributed by atoms with Crippen molar-refractivity contribution in [1.82, 2.24) is 5.32 Å². The van der Waals surface area contributed by atoms with Gasteiger partial charge in [-0.05, 0) is 47.6 Å². The fourth-order valence-corrected chi connectivity index (χ4v) is 3.89. The first-order chi connectivity index (χ1) is 14.8. The van der Waals surface area contributed by atoms with Crippen LogP contribution in [0.5, 0.6) is 0 Å². The van der Waals surface area contributed by atoms with Gasteiger partial charge < -0.3 is 10.1 Å². The molecule has 1 heterocycles. The van der Waals surface area contributed by atoms with Gasteiger partial charge >= 0.3 is 6.18 Å². The Morgan fingerprint density at radius 1 is 1.03 bits per heavy atom. The number of ketones is 1. The van der Waals surface area contributed by atoms with Crippen LogP contribution in [-0.2, 0) is 22.1 Å². The molecular formula is C24H19F4NO2. The van der Waals surface area contributed by atoms with Gasteiger partial charge in [-0.1, -0.05) is 42.5 Å². The molecule has 3 aromatic rings. The second-order valence-electron chi connectivity index (χ2n) is 7.30. The van der Waals surface area contributed by atoms with E-state index < -0.39 is 23.6 Å². The first-order valence-corrected chi connectivity index (χ1v) is 9.76. The average molecular weight is 429 g/mol. The normalized spacial score (nSPS) is 16.7. The largest absolute Gasteiger partial charge is 0.467 e. The van der Waals surface area contributed by atoms with Crippen LogP contribution in [0.1, 0.15) is 23.1 Å². The van der Waals surface area contributed by atoms with E-state index in [0.29, 0.717) is 11.8 Å². The number of carbonyl (C=O) groups excluding carboxylic acids is 1. The van der Waals surface area contributed by atoms with E-state index >= 15 is 0 Å². The monoisotopic (exact) mass is 429 g/mol. The molecule has 0 aromatic heterocycles. The Hall–Kier alpha value is -3.35. The van der Waals surface area contributed by atoms with Crippen LogP contribution >= 0.6 is 0 Å². The Balaban J connectivity index is 1.58. The molecule has 1 N–H and O–H groups in total. The lowest BCUT2D eigenvalue weighted by Gasteiger charge is -2.13. The van der Waals surface area contributed by atoms with E-state index in [9.17, 15) is 22.4 Å². The van der Waals surface area contributed by atoms with Crippen LogP contribution in [-0.4, -0.2) is 18.9 Å². The summed E-state index contributed by atoms with van der Waals surface area (Å²) in [6, 6.07) is 14.9. The zero-order chi connectivity index (χ0) is 22.2. The number of aryl methyl sites for hydroxylation is 1. The first kappa shape index (κ1) is 20.9. The molecule has 0 aliphatic carbocycles. The Labute approximate surface area is 176 Å². The lowest BCUT2D eigenvalue weighted by Crippen LogP contribution is -2.19. The van der Waals surface area contributed by atoms with Crippen LogP contribution in [0.15, 0.2) is 66.5 Å². The van der Waals surface area contributed by atoms with Crippen molar-refractivity contribution in [3.8, 4) is 0 Å². The summed E-state index contributed by atoms with van der Waals surface area (Å²) >= 11 is 0. The van der Waals surface area contributed by atoms with Crippen molar-refractivity contribution in [2.45, 2.75) is 25.1 Å². The zero-order valence-corrected chi connectivity index (χ0v) is 16.6. The molecule has 7 heteroatoms. The number of halogens is 4. The Bertz CT molecular complexity index is 1180. The molecule has 1 aliphatic rings. The lowest BCUT2D eigenvalue weighted by atomic mass is 9.94. The molecule has 0 bridgehead atoms. The molecule has 3 nitrogen and oxygen atoms in total. The number of alkyl halides is 3. The third-order valence-corrected chi connectivity index (χ3v) is 5.35. The minimum absolute atomic E-state index is 0.0858. The second kappa shape index (κ2) is 8.06. The van der Waals surface area contributed by atoms with E-state index in [2.05, 4.69) is 5.32 Å². The van der Waals surface area contributed by atoms with Crippen molar-refractivity contribution >= 4 is 22.1 Å². The van der Waals surface area contributed by atoms with Crippen molar-refractivity contribution in [2.75, 3.05) is 7.05 Å². The number of rotatable bonds is 5. The summed E-state index contributed by atoms with van der Waals surface area (Å²) in [4.78, 5) is 13.0.